The molecule has 0 aromatic carbocycles. The molecule has 0 spiro atoms. The van der Waals surface area contributed by atoms with Gasteiger partial charge >= 0.3 is 0 Å². The maximum absolute atomic E-state index is 4.39. The summed E-state index contributed by atoms with van der Waals surface area (Å²) in [7, 11) is 0. The third kappa shape index (κ3) is 3.41. The van der Waals surface area contributed by atoms with Crippen molar-refractivity contribution in [2.75, 3.05) is 0 Å². The fourth-order valence-electron chi connectivity index (χ4n) is 2.32. The Labute approximate surface area is 121 Å². The molecule has 2 rings (SSSR count). The van der Waals surface area contributed by atoms with Gasteiger partial charge in [-0.1, -0.05) is 24.8 Å². The summed E-state index contributed by atoms with van der Waals surface area (Å²) in [6.45, 7) is 9.74. The molecule has 0 bridgehead atoms. The van der Waals surface area contributed by atoms with Crippen LogP contribution < -0.4 is 0 Å². The van der Waals surface area contributed by atoms with Gasteiger partial charge in [-0.2, -0.15) is 0 Å². The molecule has 102 valence electrons. The van der Waals surface area contributed by atoms with Crippen molar-refractivity contribution in [2.24, 2.45) is 4.99 Å². The van der Waals surface area contributed by atoms with Crippen molar-refractivity contribution in [1.29, 1.82) is 0 Å². The topological polar surface area (TPSA) is 25.2 Å². The van der Waals surface area contributed by atoms with E-state index in [1.54, 1.807) is 6.20 Å². The second kappa shape index (κ2) is 6.29. The minimum absolute atomic E-state index is 0.920. The fraction of sp³-hybridized carbons (Fsp3) is 0.222. The van der Waals surface area contributed by atoms with Gasteiger partial charge in [-0.05, 0) is 56.0 Å². The van der Waals surface area contributed by atoms with Crippen LogP contribution in [-0.2, 0) is 0 Å². The van der Waals surface area contributed by atoms with Gasteiger partial charge in [0.25, 0.3) is 0 Å². The van der Waals surface area contributed by atoms with E-state index in [0.717, 1.165) is 17.8 Å². The van der Waals surface area contributed by atoms with Crippen LogP contribution in [0, 0.1) is 13.8 Å². The number of hydrogen-bond donors (Lipinski definition) is 0. The average Bonchev–Trinajstić information content (AvgIpc) is 2.40. The van der Waals surface area contributed by atoms with Crippen LogP contribution in [0.4, 0.5) is 0 Å². The van der Waals surface area contributed by atoms with Crippen molar-refractivity contribution in [1.82, 2.24) is 4.98 Å². The summed E-state index contributed by atoms with van der Waals surface area (Å²) < 4.78 is 0. The van der Waals surface area contributed by atoms with Gasteiger partial charge in [0, 0.05) is 29.4 Å². The zero-order valence-corrected chi connectivity index (χ0v) is 12.4. The zero-order valence-electron chi connectivity index (χ0n) is 12.4. The average molecular weight is 264 g/mol. The smallest absolute Gasteiger partial charge is 0.0375 e. The molecule has 20 heavy (non-hydrogen) atoms. The number of aryl methyl sites for hydroxylation is 2. The Morgan fingerprint density at radius 2 is 2.15 bits per heavy atom. The molecule has 0 unspecified atom stereocenters. The molecule has 0 radical (unpaired) electrons. The van der Waals surface area contributed by atoms with Gasteiger partial charge in [0.1, 0.15) is 0 Å². The molecule has 0 saturated heterocycles. The summed E-state index contributed by atoms with van der Waals surface area (Å²) >= 11 is 0. The van der Waals surface area contributed by atoms with E-state index in [-0.39, 0.29) is 0 Å². The van der Waals surface area contributed by atoms with E-state index >= 15 is 0 Å². The fourth-order valence-corrected chi connectivity index (χ4v) is 2.32. The Hall–Kier alpha value is -2.22. The third-order valence-corrected chi connectivity index (χ3v) is 3.28. The van der Waals surface area contributed by atoms with Crippen LogP contribution in [-0.4, -0.2) is 10.7 Å². The van der Waals surface area contributed by atoms with Crippen LogP contribution in [0.5, 0.6) is 0 Å². The Balaban J connectivity index is 2.20. The molecule has 0 atom stereocenters. The molecule has 0 fully saturated rings. The SMILES string of the molecule is C=C/N=C(C)\C=C1\C=CC(c2cnc(C)cc2C)=CC1. The molecule has 0 amide bonds. The van der Waals surface area contributed by atoms with Crippen LogP contribution in [0.2, 0.25) is 0 Å². The second-order valence-corrected chi connectivity index (χ2v) is 5.01. The van der Waals surface area contributed by atoms with Gasteiger partial charge in [0.2, 0.25) is 0 Å². The molecule has 0 aliphatic heterocycles. The van der Waals surface area contributed by atoms with E-state index < -0.39 is 0 Å². The summed E-state index contributed by atoms with van der Waals surface area (Å²) in [4.78, 5) is 8.55. The highest BCUT2D eigenvalue weighted by Crippen LogP contribution is 2.26. The summed E-state index contributed by atoms with van der Waals surface area (Å²) in [6, 6.07) is 2.12. The molecule has 1 aromatic heterocycles. The van der Waals surface area contributed by atoms with Crippen LogP contribution in [0.15, 0.2) is 59.9 Å². The quantitative estimate of drug-likeness (QED) is 0.734. The minimum atomic E-state index is 0.920. The van der Waals surface area contributed by atoms with Gasteiger partial charge in [-0.25, -0.2) is 0 Å². The molecule has 0 N–H and O–H groups in total. The van der Waals surface area contributed by atoms with Crippen molar-refractivity contribution in [2.45, 2.75) is 27.2 Å². The number of pyridine rings is 1. The van der Waals surface area contributed by atoms with E-state index in [1.807, 2.05) is 20.0 Å². The standard InChI is InChI=1S/C18H20N2/c1-5-19-15(4)11-16-6-8-17(9-7-16)18-12-20-14(3)10-13(18)2/h5-6,8-12H,1,7H2,2-4H3/b16-11-,19-15-. The lowest BCUT2D eigenvalue weighted by atomic mass is 9.94. The van der Waals surface area contributed by atoms with E-state index in [4.69, 9.17) is 0 Å². The molecule has 1 aromatic rings. The van der Waals surface area contributed by atoms with Gasteiger partial charge in [0.15, 0.2) is 0 Å². The highest BCUT2D eigenvalue weighted by molar-refractivity contribution is 5.94. The Bertz CT molecular complexity index is 643. The first-order chi connectivity index (χ1) is 9.60. The van der Waals surface area contributed by atoms with Crippen molar-refractivity contribution in [3.8, 4) is 0 Å². The Kier molecular flexibility index (Phi) is 4.46. The number of rotatable bonds is 3. The molecule has 0 saturated carbocycles. The summed E-state index contributed by atoms with van der Waals surface area (Å²) in [5.41, 5.74) is 7.01. The van der Waals surface area contributed by atoms with E-state index in [2.05, 4.69) is 53.8 Å². The van der Waals surface area contributed by atoms with Gasteiger partial charge in [-0.3, -0.25) is 9.98 Å². The van der Waals surface area contributed by atoms with Crippen molar-refractivity contribution in [3.63, 3.8) is 0 Å². The van der Waals surface area contributed by atoms with Gasteiger partial charge in [0.05, 0.1) is 0 Å². The van der Waals surface area contributed by atoms with E-state index in [9.17, 15) is 0 Å². The number of aliphatic imine (C=N–C) groups is 1. The van der Waals surface area contributed by atoms with Crippen molar-refractivity contribution in [3.05, 3.63) is 71.7 Å². The van der Waals surface area contributed by atoms with Crippen LogP contribution in [0.25, 0.3) is 5.57 Å². The molecule has 1 heterocycles. The number of hydrogen-bond acceptors (Lipinski definition) is 2. The first kappa shape index (κ1) is 14.2. The first-order valence-electron chi connectivity index (χ1n) is 6.78. The van der Waals surface area contributed by atoms with Gasteiger partial charge in [-0.15, -0.1) is 0 Å². The number of aromatic nitrogens is 1. The molecule has 2 heteroatoms. The molecular formula is C18H20N2. The predicted molar refractivity (Wildman–Crippen MR) is 86.8 cm³/mol. The zero-order chi connectivity index (χ0) is 14.5. The van der Waals surface area contributed by atoms with Crippen molar-refractivity contribution < 1.29 is 0 Å². The van der Waals surface area contributed by atoms with E-state index in [0.29, 0.717) is 0 Å². The minimum Gasteiger partial charge on any atom is -0.262 e. The monoisotopic (exact) mass is 264 g/mol. The first-order valence-corrected chi connectivity index (χ1v) is 6.78. The molecule has 2 nitrogen and oxygen atoms in total. The predicted octanol–water partition coefficient (Wildman–Crippen LogP) is 4.57. The number of nitrogens with zero attached hydrogens (tertiary/aromatic N) is 2. The largest absolute Gasteiger partial charge is 0.262 e. The Morgan fingerprint density at radius 3 is 2.75 bits per heavy atom. The maximum Gasteiger partial charge on any atom is 0.0375 e. The van der Waals surface area contributed by atoms with E-state index in [1.165, 1.54) is 22.3 Å². The normalized spacial score (nSPS) is 17.2. The molecular weight excluding hydrogens is 244 g/mol. The maximum atomic E-state index is 4.39. The van der Waals surface area contributed by atoms with Crippen LogP contribution >= 0.6 is 0 Å². The Morgan fingerprint density at radius 1 is 1.35 bits per heavy atom. The third-order valence-electron chi connectivity index (χ3n) is 3.28. The second-order valence-electron chi connectivity index (χ2n) is 5.01. The van der Waals surface area contributed by atoms with Crippen LogP contribution in [0.1, 0.15) is 30.2 Å². The lowest BCUT2D eigenvalue weighted by Gasteiger charge is -2.12. The lowest BCUT2D eigenvalue weighted by molar-refractivity contribution is 1.16. The van der Waals surface area contributed by atoms with Crippen molar-refractivity contribution >= 4 is 11.3 Å². The molecule has 1 aliphatic rings. The molecule has 1 aliphatic carbocycles. The summed E-state index contributed by atoms with van der Waals surface area (Å²) in [5, 5.41) is 0. The number of allylic oxidation sites excluding steroid dienone is 6. The lowest BCUT2D eigenvalue weighted by Crippen LogP contribution is -1.95. The summed E-state index contributed by atoms with van der Waals surface area (Å²) in [5.74, 6) is 0. The van der Waals surface area contributed by atoms with Gasteiger partial charge < -0.3 is 0 Å². The highest BCUT2D eigenvalue weighted by atomic mass is 14.7. The van der Waals surface area contributed by atoms with Crippen LogP contribution in [0.3, 0.4) is 0 Å². The summed E-state index contributed by atoms with van der Waals surface area (Å²) in [6.07, 6.45) is 13.1. The highest BCUT2D eigenvalue weighted by Gasteiger charge is 2.07.